The molecule has 0 radical (unpaired) electrons. The topological polar surface area (TPSA) is 85.5 Å². The Kier molecular flexibility index (Phi) is 4.18. The van der Waals surface area contributed by atoms with Gasteiger partial charge >= 0.3 is 0 Å². The standard InChI is InChI=1S/C17H19N3O4S/c1-12-18-19-17(24-12)16-11-20(8-9-23-16)25(21,22)15-7-6-13-4-2-3-5-14(13)10-15/h2-5,10,16H,6-9,11H2,1H3/t16-/m1/s1. The molecule has 2 aliphatic rings. The molecule has 0 amide bonds. The largest absolute Gasteiger partial charge is 0.423 e. The molecular weight excluding hydrogens is 342 g/mol. The molecule has 8 heteroatoms. The minimum absolute atomic E-state index is 0.183. The number of aromatic nitrogens is 2. The molecule has 132 valence electrons. The van der Waals surface area contributed by atoms with E-state index >= 15 is 0 Å². The van der Waals surface area contributed by atoms with Crippen molar-refractivity contribution in [2.45, 2.75) is 25.9 Å². The number of hydrogen-bond acceptors (Lipinski definition) is 6. The second-order valence-electron chi connectivity index (χ2n) is 6.19. The third-order valence-corrected chi connectivity index (χ3v) is 6.53. The van der Waals surface area contributed by atoms with Crippen LogP contribution in [-0.2, 0) is 21.2 Å². The van der Waals surface area contributed by atoms with E-state index in [9.17, 15) is 8.42 Å². The molecule has 1 aliphatic carbocycles. The second kappa shape index (κ2) is 6.36. The van der Waals surface area contributed by atoms with Crippen LogP contribution in [0.25, 0.3) is 6.08 Å². The van der Waals surface area contributed by atoms with E-state index in [0.717, 1.165) is 12.0 Å². The van der Waals surface area contributed by atoms with Gasteiger partial charge < -0.3 is 9.15 Å². The summed E-state index contributed by atoms with van der Waals surface area (Å²) >= 11 is 0. The summed E-state index contributed by atoms with van der Waals surface area (Å²) in [5, 5.41) is 7.74. The molecule has 7 nitrogen and oxygen atoms in total. The lowest BCUT2D eigenvalue weighted by Gasteiger charge is -2.31. The predicted molar refractivity (Wildman–Crippen MR) is 91.0 cm³/mol. The Hall–Kier alpha value is -2.03. The van der Waals surface area contributed by atoms with Crippen molar-refractivity contribution in [1.82, 2.24) is 14.5 Å². The zero-order valence-corrected chi connectivity index (χ0v) is 14.7. The molecule has 25 heavy (non-hydrogen) atoms. The Bertz CT molecular complexity index is 919. The average molecular weight is 361 g/mol. The van der Waals surface area contributed by atoms with Crippen LogP contribution in [-0.4, -0.2) is 42.6 Å². The highest BCUT2D eigenvalue weighted by molar-refractivity contribution is 7.93. The van der Waals surface area contributed by atoms with E-state index in [1.807, 2.05) is 24.3 Å². The summed E-state index contributed by atoms with van der Waals surface area (Å²) < 4.78 is 38.6. The van der Waals surface area contributed by atoms with Gasteiger partial charge in [0.2, 0.25) is 21.8 Å². The minimum atomic E-state index is -3.54. The number of hydrogen-bond donors (Lipinski definition) is 0. The van der Waals surface area contributed by atoms with Crippen molar-refractivity contribution in [3.8, 4) is 0 Å². The molecule has 0 unspecified atom stereocenters. The van der Waals surface area contributed by atoms with E-state index in [4.69, 9.17) is 9.15 Å². The molecule has 0 saturated carbocycles. The predicted octanol–water partition coefficient (Wildman–Crippen LogP) is 2.07. The normalized spacial score (nSPS) is 21.6. The van der Waals surface area contributed by atoms with Crippen LogP contribution < -0.4 is 0 Å². The Labute approximate surface area is 146 Å². The molecule has 1 aromatic carbocycles. The smallest absolute Gasteiger partial charge is 0.246 e. The molecule has 1 aromatic heterocycles. The van der Waals surface area contributed by atoms with Crippen molar-refractivity contribution in [3.63, 3.8) is 0 Å². The highest BCUT2D eigenvalue weighted by Crippen LogP contribution is 2.31. The molecule has 0 spiro atoms. The fourth-order valence-corrected chi connectivity index (χ4v) is 4.82. The summed E-state index contributed by atoms with van der Waals surface area (Å²) in [6.07, 6.45) is 2.51. The minimum Gasteiger partial charge on any atom is -0.423 e. The summed E-state index contributed by atoms with van der Waals surface area (Å²) in [5.74, 6) is 0.755. The fraction of sp³-hybridized carbons (Fsp3) is 0.412. The van der Waals surface area contributed by atoms with Gasteiger partial charge in [0.15, 0.2) is 0 Å². The second-order valence-corrected chi connectivity index (χ2v) is 8.18. The van der Waals surface area contributed by atoms with Crippen molar-refractivity contribution in [2.24, 2.45) is 0 Å². The Morgan fingerprint density at radius 3 is 2.84 bits per heavy atom. The average Bonchev–Trinajstić information content (AvgIpc) is 3.08. The van der Waals surface area contributed by atoms with E-state index in [1.165, 1.54) is 9.87 Å². The van der Waals surface area contributed by atoms with Crippen LogP contribution in [0.3, 0.4) is 0 Å². The molecule has 1 saturated heterocycles. The molecule has 2 heterocycles. The number of morpholine rings is 1. The monoisotopic (exact) mass is 361 g/mol. The SMILES string of the molecule is Cc1nnc([C@H]2CN(S(=O)(=O)C3=Cc4ccccc4CC3)CCO2)o1. The first-order chi connectivity index (χ1) is 12.0. The molecule has 0 N–H and O–H groups in total. The molecule has 2 aromatic rings. The van der Waals surface area contributed by atoms with E-state index in [-0.39, 0.29) is 6.54 Å². The van der Waals surface area contributed by atoms with Crippen LogP contribution in [0, 0.1) is 6.92 Å². The molecule has 1 aliphatic heterocycles. The van der Waals surface area contributed by atoms with Crippen molar-refractivity contribution in [2.75, 3.05) is 19.7 Å². The van der Waals surface area contributed by atoms with Crippen LogP contribution >= 0.6 is 0 Å². The lowest BCUT2D eigenvalue weighted by molar-refractivity contribution is -0.0174. The van der Waals surface area contributed by atoms with Gasteiger partial charge in [-0.05, 0) is 30.0 Å². The first kappa shape index (κ1) is 16.4. The quantitative estimate of drug-likeness (QED) is 0.832. The van der Waals surface area contributed by atoms with Crippen molar-refractivity contribution >= 4 is 16.1 Å². The number of ether oxygens (including phenoxy) is 1. The summed E-state index contributed by atoms with van der Waals surface area (Å²) in [4.78, 5) is 0.452. The van der Waals surface area contributed by atoms with Gasteiger partial charge in [0, 0.05) is 20.0 Å². The van der Waals surface area contributed by atoms with E-state index in [1.54, 1.807) is 13.0 Å². The summed E-state index contributed by atoms with van der Waals surface area (Å²) in [6.45, 7) is 2.50. The van der Waals surface area contributed by atoms with Crippen LogP contribution in [0.4, 0.5) is 0 Å². The zero-order valence-electron chi connectivity index (χ0n) is 13.9. The Balaban J connectivity index is 1.59. The van der Waals surface area contributed by atoms with Crippen LogP contribution in [0.2, 0.25) is 0 Å². The van der Waals surface area contributed by atoms with Crippen molar-refractivity contribution in [1.29, 1.82) is 0 Å². The maximum Gasteiger partial charge on any atom is 0.246 e. The Morgan fingerprint density at radius 2 is 2.04 bits per heavy atom. The first-order valence-corrected chi connectivity index (χ1v) is 9.68. The number of benzene rings is 1. The zero-order chi connectivity index (χ0) is 17.4. The van der Waals surface area contributed by atoms with Gasteiger partial charge in [-0.25, -0.2) is 8.42 Å². The summed E-state index contributed by atoms with van der Waals surface area (Å²) in [7, 11) is -3.54. The number of nitrogens with zero attached hydrogens (tertiary/aromatic N) is 3. The lowest BCUT2D eigenvalue weighted by atomic mass is 9.98. The van der Waals surface area contributed by atoms with Gasteiger partial charge in [-0.3, -0.25) is 0 Å². The third kappa shape index (κ3) is 3.12. The van der Waals surface area contributed by atoms with Gasteiger partial charge in [-0.1, -0.05) is 24.3 Å². The van der Waals surface area contributed by atoms with Gasteiger partial charge in [-0.2, -0.15) is 4.31 Å². The highest BCUT2D eigenvalue weighted by Gasteiger charge is 2.35. The van der Waals surface area contributed by atoms with E-state index < -0.39 is 16.1 Å². The fourth-order valence-electron chi connectivity index (χ4n) is 3.21. The van der Waals surface area contributed by atoms with Crippen LogP contribution in [0.15, 0.2) is 33.6 Å². The first-order valence-electron chi connectivity index (χ1n) is 8.24. The van der Waals surface area contributed by atoms with Crippen LogP contribution in [0.5, 0.6) is 0 Å². The lowest BCUT2D eigenvalue weighted by Crippen LogP contribution is -2.43. The molecule has 0 bridgehead atoms. The molecule has 1 fully saturated rings. The van der Waals surface area contributed by atoms with Gasteiger partial charge in [0.05, 0.1) is 11.5 Å². The van der Waals surface area contributed by atoms with Crippen molar-refractivity contribution in [3.05, 3.63) is 52.1 Å². The highest BCUT2D eigenvalue weighted by atomic mass is 32.2. The molecule has 1 atom stereocenters. The third-order valence-electron chi connectivity index (χ3n) is 4.53. The maximum absolute atomic E-state index is 13.1. The van der Waals surface area contributed by atoms with Gasteiger partial charge in [-0.15, -0.1) is 10.2 Å². The van der Waals surface area contributed by atoms with Gasteiger partial charge in [0.1, 0.15) is 6.10 Å². The molecular formula is C17H19N3O4S. The van der Waals surface area contributed by atoms with Gasteiger partial charge in [0.25, 0.3) is 0 Å². The summed E-state index contributed by atoms with van der Waals surface area (Å²) in [6, 6.07) is 7.89. The van der Waals surface area contributed by atoms with E-state index in [0.29, 0.717) is 36.3 Å². The Morgan fingerprint density at radius 1 is 1.20 bits per heavy atom. The number of allylic oxidation sites excluding steroid dienone is 1. The number of rotatable bonds is 3. The number of fused-ring (bicyclic) bond motifs is 1. The van der Waals surface area contributed by atoms with Crippen molar-refractivity contribution < 1.29 is 17.6 Å². The maximum atomic E-state index is 13.1. The van der Waals surface area contributed by atoms with Crippen LogP contribution in [0.1, 0.15) is 35.4 Å². The molecule has 4 rings (SSSR count). The number of sulfonamides is 1. The number of aryl methyl sites for hydroxylation is 2. The summed E-state index contributed by atoms with van der Waals surface area (Å²) in [5.41, 5.74) is 2.16. The van der Waals surface area contributed by atoms with E-state index in [2.05, 4.69) is 10.2 Å².